The Bertz CT molecular complexity index is 662. The molecule has 0 amide bonds. The van der Waals surface area contributed by atoms with Gasteiger partial charge in [0.25, 0.3) is 0 Å². The molecule has 2 nitrogen and oxygen atoms in total. The molecule has 2 heteroatoms. The second-order valence-electron chi connectivity index (χ2n) is 19.1. The van der Waals surface area contributed by atoms with Crippen LogP contribution in [0.2, 0.25) is 0 Å². The van der Waals surface area contributed by atoms with E-state index in [1.165, 1.54) is 315 Å². The predicted octanol–water partition coefficient (Wildman–Crippen LogP) is 21.4. The summed E-state index contributed by atoms with van der Waals surface area (Å²) in [6, 6.07) is 0. The minimum Gasteiger partial charge on any atom is -0.481 e. The fourth-order valence-corrected chi connectivity index (χ4v) is 8.80. The first-order chi connectivity index (χ1) is 28.7. The molecule has 0 aromatic carbocycles. The van der Waals surface area contributed by atoms with Crippen molar-refractivity contribution in [1.29, 1.82) is 0 Å². The monoisotopic (exact) mass is 819 g/mol. The van der Waals surface area contributed by atoms with Gasteiger partial charge >= 0.3 is 5.97 Å². The fourth-order valence-electron chi connectivity index (χ4n) is 8.80. The van der Waals surface area contributed by atoms with Gasteiger partial charge in [-0.1, -0.05) is 342 Å². The zero-order valence-electron chi connectivity index (χ0n) is 41.1. The van der Waals surface area contributed by atoms with Crippen molar-refractivity contribution in [2.45, 2.75) is 355 Å². The third-order valence-corrected chi connectivity index (χ3v) is 13.0. The van der Waals surface area contributed by atoms with Gasteiger partial charge in [0.1, 0.15) is 0 Å². The van der Waals surface area contributed by atoms with Gasteiger partial charge < -0.3 is 5.11 Å². The Hall–Kier alpha value is -0.530. The lowest BCUT2D eigenvalue weighted by molar-refractivity contribution is -0.137. The molecule has 1 N–H and O–H groups in total. The smallest absolute Gasteiger partial charge is 0.303 e. The molecule has 0 saturated carbocycles. The van der Waals surface area contributed by atoms with Crippen molar-refractivity contribution >= 4 is 5.97 Å². The van der Waals surface area contributed by atoms with Crippen LogP contribution in [0.1, 0.15) is 355 Å². The van der Waals surface area contributed by atoms with Gasteiger partial charge in [-0.2, -0.15) is 0 Å². The Morgan fingerprint density at radius 3 is 0.414 bits per heavy atom. The minimum absolute atomic E-state index is 0.347. The summed E-state index contributed by atoms with van der Waals surface area (Å²) in [4.78, 5) is 10.4. The lowest BCUT2D eigenvalue weighted by Crippen LogP contribution is -1.93. The van der Waals surface area contributed by atoms with E-state index in [9.17, 15) is 4.79 Å². The molecule has 0 rings (SSSR count). The summed E-state index contributed by atoms with van der Waals surface area (Å²) in [5.74, 6) is -0.649. The topological polar surface area (TPSA) is 37.3 Å². The second kappa shape index (κ2) is 58.6. The Balaban J connectivity index is 0. The highest BCUT2D eigenvalue weighted by Gasteiger charge is 1.99. The molecule has 0 spiro atoms. The maximum absolute atomic E-state index is 10.4. The molecular weight excluding hydrogens is 705 g/mol. The number of carbonyl (C=O) groups is 1. The predicted molar refractivity (Wildman–Crippen MR) is 265 cm³/mol. The average molecular weight is 820 g/mol. The van der Waals surface area contributed by atoms with Crippen LogP contribution in [0.25, 0.3) is 0 Å². The first-order valence-corrected chi connectivity index (χ1v) is 27.9. The van der Waals surface area contributed by atoms with Gasteiger partial charge in [0.15, 0.2) is 0 Å². The van der Waals surface area contributed by atoms with E-state index in [-0.39, 0.29) is 0 Å². The number of hydrogen-bond donors (Lipinski definition) is 1. The van der Waals surface area contributed by atoms with Crippen LogP contribution in [0.15, 0.2) is 0 Å². The van der Waals surface area contributed by atoms with E-state index in [4.69, 9.17) is 5.11 Å². The Morgan fingerprint density at radius 1 is 0.207 bits per heavy atom. The summed E-state index contributed by atoms with van der Waals surface area (Å²) in [7, 11) is 0. The molecule has 0 fully saturated rings. The van der Waals surface area contributed by atoms with Crippen LogP contribution in [0.4, 0.5) is 0 Å². The molecule has 0 aliphatic carbocycles. The molecule has 0 aromatic heterocycles. The SMILES string of the molecule is CCCCCCCCCCCCCCCCCCCCCCCCCCCC.CCCCCCCCCCCCCCCCCCCCCCCCCCCC(=O)O. The number of carboxylic acids is 1. The van der Waals surface area contributed by atoms with Gasteiger partial charge in [0.2, 0.25) is 0 Å². The third kappa shape index (κ3) is 62.1. The van der Waals surface area contributed by atoms with Crippen LogP contribution < -0.4 is 0 Å². The van der Waals surface area contributed by atoms with Crippen LogP contribution in [0.5, 0.6) is 0 Å². The van der Waals surface area contributed by atoms with Crippen molar-refractivity contribution in [1.82, 2.24) is 0 Å². The molecule has 0 aliphatic rings. The van der Waals surface area contributed by atoms with E-state index >= 15 is 0 Å². The lowest BCUT2D eigenvalue weighted by atomic mass is 10.0. The van der Waals surface area contributed by atoms with E-state index in [2.05, 4.69) is 20.8 Å². The third-order valence-electron chi connectivity index (χ3n) is 13.0. The van der Waals surface area contributed by atoms with E-state index in [0.29, 0.717) is 6.42 Å². The van der Waals surface area contributed by atoms with Gasteiger partial charge in [-0.15, -0.1) is 0 Å². The maximum atomic E-state index is 10.4. The molecule has 350 valence electrons. The van der Waals surface area contributed by atoms with Gasteiger partial charge in [0.05, 0.1) is 0 Å². The van der Waals surface area contributed by atoms with E-state index < -0.39 is 5.97 Å². The molecule has 0 heterocycles. The summed E-state index contributed by atoms with van der Waals surface area (Å²) in [6.45, 7) is 6.90. The van der Waals surface area contributed by atoms with Crippen LogP contribution in [-0.2, 0) is 4.79 Å². The molecule has 0 atom stereocenters. The van der Waals surface area contributed by atoms with Crippen LogP contribution in [-0.4, -0.2) is 11.1 Å². The second-order valence-corrected chi connectivity index (χ2v) is 19.1. The normalized spacial score (nSPS) is 11.3. The first-order valence-electron chi connectivity index (χ1n) is 27.9. The molecule has 58 heavy (non-hydrogen) atoms. The van der Waals surface area contributed by atoms with E-state index in [1.54, 1.807) is 0 Å². The largest absolute Gasteiger partial charge is 0.481 e. The van der Waals surface area contributed by atoms with E-state index in [0.717, 1.165) is 12.8 Å². The number of carboxylic acid groups (broad SMARTS) is 1. The fraction of sp³-hybridized carbons (Fsp3) is 0.982. The first kappa shape index (κ1) is 59.6. The summed E-state index contributed by atoms with van der Waals surface area (Å²) >= 11 is 0. The summed E-state index contributed by atoms with van der Waals surface area (Å²) < 4.78 is 0. The van der Waals surface area contributed by atoms with Crippen LogP contribution in [0, 0.1) is 0 Å². The Morgan fingerprint density at radius 2 is 0.310 bits per heavy atom. The molecule has 0 unspecified atom stereocenters. The molecule has 0 radical (unpaired) electrons. The number of aliphatic carboxylic acids is 1. The van der Waals surface area contributed by atoms with Crippen LogP contribution in [0.3, 0.4) is 0 Å². The standard InChI is InChI=1S/C28H56O2.C28H58/c1-2-3-4-5-6-7-8-9-10-11-12-13-14-15-16-17-18-19-20-21-22-23-24-25-26-27-28(29)30;1-3-5-7-9-11-13-15-17-19-21-23-25-27-28-26-24-22-20-18-16-14-12-10-8-6-4-2/h2-27H2,1H3,(H,29,30);3-28H2,1-2H3. The zero-order valence-corrected chi connectivity index (χ0v) is 41.1. The highest BCUT2D eigenvalue weighted by atomic mass is 16.4. The van der Waals surface area contributed by atoms with Gasteiger partial charge in [-0.3, -0.25) is 4.79 Å². The Kier molecular flexibility index (Phi) is 60.1. The van der Waals surface area contributed by atoms with Crippen molar-refractivity contribution in [3.05, 3.63) is 0 Å². The van der Waals surface area contributed by atoms with Gasteiger partial charge in [-0.05, 0) is 6.42 Å². The van der Waals surface area contributed by atoms with E-state index in [1.807, 2.05) is 0 Å². The van der Waals surface area contributed by atoms with Crippen molar-refractivity contribution in [3.8, 4) is 0 Å². The molecule has 0 saturated heterocycles. The van der Waals surface area contributed by atoms with Gasteiger partial charge in [0, 0.05) is 6.42 Å². The van der Waals surface area contributed by atoms with Crippen molar-refractivity contribution in [2.24, 2.45) is 0 Å². The Labute approximate surface area is 369 Å². The molecule has 0 aliphatic heterocycles. The average Bonchev–Trinajstić information content (AvgIpc) is 3.22. The number of hydrogen-bond acceptors (Lipinski definition) is 1. The highest BCUT2D eigenvalue weighted by Crippen LogP contribution is 2.18. The number of rotatable bonds is 51. The molecular formula is C56H114O2. The van der Waals surface area contributed by atoms with Crippen molar-refractivity contribution in [2.75, 3.05) is 0 Å². The minimum atomic E-state index is -0.649. The van der Waals surface area contributed by atoms with Gasteiger partial charge in [-0.25, -0.2) is 0 Å². The van der Waals surface area contributed by atoms with Crippen molar-refractivity contribution < 1.29 is 9.90 Å². The van der Waals surface area contributed by atoms with Crippen molar-refractivity contribution in [3.63, 3.8) is 0 Å². The highest BCUT2D eigenvalue weighted by molar-refractivity contribution is 5.66. The zero-order chi connectivity index (χ0) is 42.3. The summed E-state index contributed by atoms with van der Waals surface area (Å²) in [5.41, 5.74) is 0. The lowest BCUT2D eigenvalue weighted by Gasteiger charge is -2.04. The quantitative estimate of drug-likeness (QED) is 0.0621. The summed E-state index contributed by atoms with van der Waals surface area (Å²) in [5, 5.41) is 8.60. The number of unbranched alkanes of at least 4 members (excludes halogenated alkanes) is 49. The van der Waals surface area contributed by atoms with Crippen LogP contribution >= 0.6 is 0 Å². The summed E-state index contributed by atoms with van der Waals surface area (Å²) in [6.07, 6.45) is 73.4. The molecule has 0 aromatic rings. The molecule has 0 bridgehead atoms. The maximum Gasteiger partial charge on any atom is 0.303 e.